The highest BCUT2D eigenvalue weighted by Crippen LogP contribution is 2.32. The van der Waals surface area contributed by atoms with Crippen LogP contribution in [0.3, 0.4) is 0 Å². The Kier molecular flexibility index (Phi) is 4.42. The summed E-state index contributed by atoms with van der Waals surface area (Å²) in [6.45, 7) is 2.00. The van der Waals surface area contributed by atoms with Crippen LogP contribution in [0.15, 0.2) is 48.3 Å². The van der Waals surface area contributed by atoms with Crippen molar-refractivity contribution in [2.45, 2.75) is 13.3 Å². The fourth-order valence-corrected chi connectivity index (χ4v) is 2.97. The molecule has 2 aromatic heterocycles. The second-order valence-electron chi connectivity index (χ2n) is 6.27. The summed E-state index contributed by atoms with van der Waals surface area (Å²) in [5, 5.41) is 6.09. The molecule has 0 unspecified atom stereocenters. The van der Waals surface area contributed by atoms with Gasteiger partial charge in [0.15, 0.2) is 5.82 Å². The number of aromatic nitrogens is 3. The molecular formula is C20H18FN5O. The quantitative estimate of drug-likeness (QED) is 0.697. The van der Waals surface area contributed by atoms with E-state index in [9.17, 15) is 4.39 Å². The van der Waals surface area contributed by atoms with Gasteiger partial charge in [-0.2, -0.15) is 4.98 Å². The maximum absolute atomic E-state index is 14.8. The Hall–Kier alpha value is -3.48. The third-order valence-corrected chi connectivity index (χ3v) is 4.25. The third-order valence-electron chi connectivity index (χ3n) is 4.25. The minimum atomic E-state index is -0.267. The van der Waals surface area contributed by atoms with Crippen molar-refractivity contribution in [2.75, 3.05) is 17.7 Å². The minimum absolute atomic E-state index is 0.267. The molecule has 6 nitrogen and oxygen atoms in total. The lowest BCUT2D eigenvalue weighted by Gasteiger charge is -2.11. The van der Waals surface area contributed by atoms with Crippen molar-refractivity contribution in [1.29, 1.82) is 0 Å². The van der Waals surface area contributed by atoms with Crippen molar-refractivity contribution in [3.63, 3.8) is 0 Å². The van der Waals surface area contributed by atoms with Crippen molar-refractivity contribution in [2.24, 2.45) is 0 Å². The fourth-order valence-electron chi connectivity index (χ4n) is 2.97. The van der Waals surface area contributed by atoms with Gasteiger partial charge in [0, 0.05) is 17.8 Å². The Labute approximate surface area is 156 Å². The van der Waals surface area contributed by atoms with Gasteiger partial charge >= 0.3 is 0 Å². The second-order valence-corrected chi connectivity index (χ2v) is 6.27. The maximum Gasteiger partial charge on any atom is 0.229 e. The molecule has 0 bridgehead atoms. The molecule has 1 aliphatic rings. The molecule has 1 aliphatic carbocycles. The number of hydrogen-bond acceptors (Lipinski definition) is 6. The molecule has 0 saturated carbocycles. The summed E-state index contributed by atoms with van der Waals surface area (Å²) < 4.78 is 19.8. The first-order valence-corrected chi connectivity index (χ1v) is 8.48. The van der Waals surface area contributed by atoms with Crippen LogP contribution in [-0.2, 0) is 6.42 Å². The van der Waals surface area contributed by atoms with Crippen molar-refractivity contribution in [1.82, 2.24) is 15.0 Å². The Morgan fingerprint density at radius 3 is 2.74 bits per heavy atom. The number of pyridine rings is 1. The van der Waals surface area contributed by atoms with Gasteiger partial charge in [-0.25, -0.2) is 14.4 Å². The SMILES string of the molecule is COc1ccc(Nc2nccc(Nc3ccc4c(c3F)C=C(C)C4)n2)cn1. The van der Waals surface area contributed by atoms with Crippen molar-refractivity contribution in [3.05, 3.63) is 65.2 Å². The number of nitrogens with zero attached hydrogens (tertiary/aromatic N) is 3. The van der Waals surface area contributed by atoms with Crippen molar-refractivity contribution < 1.29 is 9.13 Å². The zero-order chi connectivity index (χ0) is 18.8. The van der Waals surface area contributed by atoms with Crippen LogP contribution in [0.1, 0.15) is 18.1 Å². The van der Waals surface area contributed by atoms with Gasteiger partial charge in [0.25, 0.3) is 0 Å². The first kappa shape index (κ1) is 17.0. The van der Waals surface area contributed by atoms with E-state index in [1.165, 1.54) is 0 Å². The smallest absolute Gasteiger partial charge is 0.229 e. The number of allylic oxidation sites excluding steroid dienone is 1. The molecule has 27 heavy (non-hydrogen) atoms. The van der Waals surface area contributed by atoms with Crippen molar-refractivity contribution >= 4 is 29.2 Å². The summed E-state index contributed by atoms with van der Waals surface area (Å²) in [5.41, 5.74) is 3.91. The number of nitrogens with one attached hydrogen (secondary N) is 2. The number of methoxy groups -OCH3 is 1. The molecule has 1 aromatic carbocycles. The van der Waals surface area contributed by atoms with E-state index >= 15 is 0 Å². The van der Waals surface area contributed by atoms with E-state index in [1.54, 1.807) is 37.7 Å². The van der Waals surface area contributed by atoms with Crippen LogP contribution >= 0.6 is 0 Å². The van der Waals surface area contributed by atoms with E-state index in [0.717, 1.165) is 23.2 Å². The largest absolute Gasteiger partial charge is 0.481 e. The van der Waals surface area contributed by atoms with Crippen LogP contribution in [-0.4, -0.2) is 22.1 Å². The van der Waals surface area contributed by atoms with E-state index < -0.39 is 0 Å². The maximum atomic E-state index is 14.8. The lowest BCUT2D eigenvalue weighted by Crippen LogP contribution is -2.02. The highest BCUT2D eigenvalue weighted by atomic mass is 19.1. The van der Waals surface area contributed by atoms with Gasteiger partial charge in [0.1, 0.15) is 5.82 Å². The summed E-state index contributed by atoms with van der Waals surface area (Å²) in [6.07, 6.45) is 5.91. The number of fused-ring (bicyclic) bond motifs is 1. The molecule has 0 radical (unpaired) electrons. The molecular weight excluding hydrogens is 345 g/mol. The molecule has 0 spiro atoms. The Morgan fingerprint density at radius 2 is 1.96 bits per heavy atom. The predicted molar refractivity (Wildman–Crippen MR) is 103 cm³/mol. The van der Waals surface area contributed by atoms with Gasteiger partial charge < -0.3 is 15.4 Å². The average molecular weight is 363 g/mol. The van der Waals surface area contributed by atoms with E-state index in [-0.39, 0.29) is 5.82 Å². The monoisotopic (exact) mass is 363 g/mol. The molecule has 0 fully saturated rings. The topological polar surface area (TPSA) is 72.0 Å². The summed E-state index contributed by atoms with van der Waals surface area (Å²) in [7, 11) is 1.56. The summed E-state index contributed by atoms with van der Waals surface area (Å²) in [6, 6.07) is 8.91. The van der Waals surface area contributed by atoms with E-state index in [0.29, 0.717) is 28.9 Å². The second kappa shape index (κ2) is 7.03. The van der Waals surface area contributed by atoms with Gasteiger partial charge in [-0.1, -0.05) is 17.7 Å². The first-order chi connectivity index (χ1) is 13.1. The third kappa shape index (κ3) is 3.57. The normalized spacial score (nSPS) is 12.3. The zero-order valence-electron chi connectivity index (χ0n) is 15.0. The molecule has 3 aromatic rings. The Morgan fingerprint density at radius 1 is 1.07 bits per heavy atom. The lowest BCUT2D eigenvalue weighted by molar-refractivity contribution is 0.398. The molecule has 0 saturated heterocycles. The number of ether oxygens (including phenoxy) is 1. The van der Waals surface area contributed by atoms with Crippen LogP contribution in [0.2, 0.25) is 0 Å². The molecule has 0 amide bonds. The van der Waals surface area contributed by atoms with E-state index in [1.807, 2.05) is 25.1 Å². The predicted octanol–water partition coefficient (Wildman–Crippen LogP) is 4.47. The highest BCUT2D eigenvalue weighted by Gasteiger charge is 2.17. The van der Waals surface area contributed by atoms with Crippen LogP contribution in [0, 0.1) is 5.82 Å². The number of hydrogen-bond donors (Lipinski definition) is 2. The molecule has 136 valence electrons. The van der Waals surface area contributed by atoms with Crippen LogP contribution in [0.5, 0.6) is 5.88 Å². The molecule has 2 heterocycles. The van der Waals surface area contributed by atoms with E-state index in [2.05, 4.69) is 25.6 Å². The molecule has 0 aliphatic heterocycles. The lowest BCUT2D eigenvalue weighted by atomic mass is 10.1. The van der Waals surface area contributed by atoms with Gasteiger partial charge in [-0.05, 0) is 37.1 Å². The average Bonchev–Trinajstić information content (AvgIpc) is 3.06. The number of anilines is 4. The van der Waals surface area contributed by atoms with E-state index in [4.69, 9.17) is 4.74 Å². The Balaban J connectivity index is 1.54. The van der Waals surface area contributed by atoms with Crippen LogP contribution < -0.4 is 15.4 Å². The van der Waals surface area contributed by atoms with Gasteiger partial charge in [-0.15, -0.1) is 0 Å². The standard InChI is InChI=1S/C20H18FN5O/c1-12-9-13-3-5-16(19(21)15(13)10-12)25-17-7-8-22-20(26-17)24-14-4-6-18(27-2)23-11-14/h3-8,10-11H,9H2,1-2H3,(H2,22,24,25,26). The summed E-state index contributed by atoms with van der Waals surface area (Å²) in [4.78, 5) is 12.7. The van der Waals surface area contributed by atoms with Gasteiger partial charge in [0.2, 0.25) is 11.8 Å². The fraction of sp³-hybridized carbons (Fsp3) is 0.150. The van der Waals surface area contributed by atoms with Gasteiger partial charge in [0.05, 0.1) is 24.7 Å². The highest BCUT2D eigenvalue weighted by molar-refractivity contribution is 5.71. The van der Waals surface area contributed by atoms with Crippen LogP contribution in [0.4, 0.5) is 27.5 Å². The number of halogens is 1. The molecule has 0 atom stereocenters. The van der Waals surface area contributed by atoms with Crippen LogP contribution in [0.25, 0.3) is 6.08 Å². The first-order valence-electron chi connectivity index (χ1n) is 8.48. The minimum Gasteiger partial charge on any atom is -0.481 e. The summed E-state index contributed by atoms with van der Waals surface area (Å²) in [5.74, 6) is 1.13. The molecule has 4 rings (SSSR count). The Bertz CT molecular complexity index is 1020. The van der Waals surface area contributed by atoms with Crippen molar-refractivity contribution in [3.8, 4) is 5.88 Å². The molecule has 7 heteroatoms. The zero-order valence-corrected chi connectivity index (χ0v) is 15.0. The van der Waals surface area contributed by atoms with Gasteiger partial charge in [-0.3, -0.25) is 0 Å². The summed E-state index contributed by atoms with van der Waals surface area (Å²) >= 11 is 0. The number of benzene rings is 1. The molecule has 2 N–H and O–H groups in total. The number of rotatable bonds is 5.